The maximum absolute atomic E-state index is 8.88. The highest BCUT2D eigenvalue weighted by Crippen LogP contribution is 2.00. The van der Waals surface area contributed by atoms with E-state index in [0.29, 0.717) is 18.8 Å². The third-order valence-electron chi connectivity index (χ3n) is 1.84. The Balaban J connectivity index is 2.26. The van der Waals surface area contributed by atoms with E-state index in [0.717, 1.165) is 5.56 Å². The van der Waals surface area contributed by atoms with Crippen molar-refractivity contribution in [1.29, 1.82) is 0 Å². The summed E-state index contributed by atoms with van der Waals surface area (Å²) >= 11 is 0. The topological polar surface area (TPSA) is 29.5 Å². The summed E-state index contributed by atoms with van der Waals surface area (Å²) < 4.78 is 12.4. The fraction of sp³-hybridized carbons (Fsp3) is 0.333. The van der Waals surface area contributed by atoms with E-state index in [2.05, 4.69) is 0 Å². The largest absolute Gasteiger partial charge is 0.392 e. The van der Waals surface area contributed by atoms with Gasteiger partial charge in [0.15, 0.2) is 0 Å². The number of benzene rings is 1. The van der Waals surface area contributed by atoms with Crippen molar-refractivity contribution in [3.8, 4) is 0 Å². The lowest BCUT2D eigenvalue weighted by atomic mass is 10.2. The molecule has 0 aliphatic carbocycles. The fourth-order valence-electron chi connectivity index (χ4n) is 0.994. The highest BCUT2D eigenvalue weighted by atomic mass is 16.5. The van der Waals surface area contributed by atoms with Crippen LogP contribution in [-0.2, 0) is 11.3 Å². The van der Waals surface area contributed by atoms with Crippen molar-refractivity contribution in [3.63, 3.8) is 0 Å². The van der Waals surface area contributed by atoms with Crippen molar-refractivity contribution in [1.82, 2.24) is 0 Å². The van der Waals surface area contributed by atoms with Crippen LogP contribution in [0.25, 0.3) is 0 Å². The molecule has 1 N–H and O–H groups in total. The lowest BCUT2D eigenvalue weighted by Crippen LogP contribution is -1.94. The molecule has 1 rings (SSSR count). The molecule has 0 saturated carbocycles. The number of aliphatic hydroxyl groups is 1. The molecular weight excluding hydrogens is 176 g/mol. The Bertz CT molecular complexity index is 307. The molecule has 2 nitrogen and oxygen atoms in total. The van der Waals surface area contributed by atoms with Crippen LogP contribution < -0.4 is 0 Å². The van der Waals surface area contributed by atoms with E-state index in [1.807, 2.05) is 30.3 Å². The van der Waals surface area contributed by atoms with Gasteiger partial charge in [0.05, 0.1) is 21.2 Å². The molecule has 0 aliphatic heterocycles. The van der Waals surface area contributed by atoms with Crippen molar-refractivity contribution < 1.29 is 11.2 Å². The van der Waals surface area contributed by atoms with Gasteiger partial charge in [0.2, 0.25) is 0 Å². The maximum Gasteiger partial charge on any atom is 0.0721 e. The van der Waals surface area contributed by atoms with Crippen molar-refractivity contribution in [2.24, 2.45) is 0 Å². The van der Waals surface area contributed by atoms with Gasteiger partial charge in [-0.15, -0.1) is 0 Å². The van der Waals surface area contributed by atoms with Crippen LogP contribution in [0.3, 0.4) is 0 Å². The zero-order valence-electron chi connectivity index (χ0n) is 9.31. The van der Waals surface area contributed by atoms with Gasteiger partial charge in [0.25, 0.3) is 0 Å². The van der Waals surface area contributed by atoms with Crippen LogP contribution in [0, 0.1) is 0 Å². The van der Waals surface area contributed by atoms with Crippen LogP contribution in [0.1, 0.15) is 13.9 Å². The Morgan fingerprint density at radius 2 is 2.21 bits per heavy atom. The zero-order valence-corrected chi connectivity index (χ0v) is 8.31. The summed E-state index contributed by atoms with van der Waals surface area (Å²) in [6.45, 7) is 1.56. The van der Waals surface area contributed by atoms with E-state index in [9.17, 15) is 0 Å². The molecule has 14 heavy (non-hydrogen) atoms. The standard InChI is InChI=1S/C12H16O2/c1-11(9-13)7-8-14-10-12-5-3-2-4-6-12/h2-7,13H,8-10H2,1H3/b11-7+/i9D. The first kappa shape index (κ1) is 9.44. The second-order valence-electron chi connectivity index (χ2n) is 3.08. The van der Waals surface area contributed by atoms with Crippen LogP contribution >= 0.6 is 0 Å². The minimum Gasteiger partial charge on any atom is -0.392 e. The van der Waals surface area contributed by atoms with Crippen molar-refractivity contribution >= 4 is 0 Å². The van der Waals surface area contributed by atoms with E-state index in [4.69, 9.17) is 11.2 Å². The Morgan fingerprint density at radius 3 is 2.86 bits per heavy atom. The van der Waals surface area contributed by atoms with Gasteiger partial charge in [0.1, 0.15) is 0 Å². The predicted octanol–water partition coefficient (Wildman–Crippen LogP) is 2.14. The molecule has 0 spiro atoms. The number of rotatable bonds is 5. The van der Waals surface area contributed by atoms with Gasteiger partial charge in [-0.25, -0.2) is 0 Å². The fourth-order valence-corrected chi connectivity index (χ4v) is 0.994. The second kappa shape index (κ2) is 6.35. The number of hydrogen-bond donors (Lipinski definition) is 1. The smallest absolute Gasteiger partial charge is 0.0721 e. The number of hydrogen-bond acceptors (Lipinski definition) is 2. The summed E-state index contributed by atoms with van der Waals surface area (Å²) in [6, 6.07) is 9.89. The van der Waals surface area contributed by atoms with E-state index < -0.39 is 6.58 Å². The van der Waals surface area contributed by atoms with Crippen LogP contribution in [0.4, 0.5) is 0 Å². The molecule has 0 amide bonds. The molecule has 0 aromatic heterocycles. The van der Waals surface area contributed by atoms with Gasteiger partial charge < -0.3 is 9.84 Å². The van der Waals surface area contributed by atoms with Gasteiger partial charge in [-0.2, -0.15) is 0 Å². The SMILES string of the molecule is [2H]C(O)/C(C)=C/COCc1ccccc1. The summed E-state index contributed by atoms with van der Waals surface area (Å²) in [5, 5.41) is 8.88. The Morgan fingerprint density at radius 1 is 1.50 bits per heavy atom. The molecule has 2 heteroatoms. The zero-order chi connectivity index (χ0) is 11.1. The molecule has 0 bridgehead atoms. The molecule has 0 radical (unpaired) electrons. The van der Waals surface area contributed by atoms with Crippen molar-refractivity contribution in [3.05, 3.63) is 47.5 Å². The highest BCUT2D eigenvalue weighted by molar-refractivity contribution is 5.13. The number of aliphatic hydroxyl groups excluding tert-OH is 1. The van der Waals surface area contributed by atoms with Crippen LogP contribution in [-0.4, -0.2) is 18.3 Å². The second-order valence-corrected chi connectivity index (χ2v) is 3.08. The van der Waals surface area contributed by atoms with Gasteiger partial charge in [0, 0.05) is 0 Å². The third kappa shape index (κ3) is 4.21. The molecule has 76 valence electrons. The molecule has 1 aromatic rings. The first-order valence-corrected chi connectivity index (χ1v) is 4.59. The summed E-state index contributed by atoms with van der Waals surface area (Å²) in [5.41, 5.74) is 1.73. The quantitative estimate of drug-likeness (QED) is 0.573. The van der Waals surface area contributed by atoms with E-state index in [1.54, 1.807) is 13.0 Å². The lowest BCUT2D eigenvalue weighted by Gasteiger charge is -2.01. The first-order valence-electron chi connectivity index (χ1n) is 5.16. The van der Waals surface area contributed by atoms with Crippen LogP contribution in [0.15, 0.2) is 42.0 Å². The van der Waals surface area contributed by atoms with Crippen molar-refractivity contribution in [2.75, 3.05) is 13.2 Å². The van der Waals surface area contributed by atoms with Gasteiger partial charge >= 0.3 is 0 Å². The monoisotopic (exact) mass is 193 g/mol. The van der Waals surface area contributed by atoms with Crippen molar-refractivity contribution in [2.45, 2.75) is 13.5 Å². The van der Waals surface area contributed by atoms with E-state index >= 15 is 0 Å². The summed E-state index contributed by atoms with van der Waals surface area (Å²) in [5.74, 6) is 0. The van der Waals surface area contributed by atoms with E-state index in [-0.39, 0.29) is 0 Å². The van der Waals surface area contributed by atoms with Crippen LogP contribution in [0.5, 0.6) is 0 Å². The normalized spacial score (nSPS) is 15.0. The molecule has 1 unspecified atom stereocenters. The molecule has 0 saturated heterocycles. The first-order chi connectivity index (χ1) is 7.20. The lowest BCUT2D eigenvalue weighted by molar-refractivity contribution is 0.147. The third-order valence-corrected chi connectivity index (χ3v) is 1.84. The van der Waals surface area contributed by atoms with Gasteiger partial charge in [-0.1, -0.05) is 36.4 Å². The molecule has 0 fully saturated rings. The number of ether oxygens (including phenoxy) is 1. The molecular formula is C12H16O2. The van der Waals surface area contributed by atoms with Gasteiger partial charge in [-0.05, 0) is 18.1 Å². The Kier molecular flexibility index (Phi) is 4.28. The summed E-state index contributed by atoms with van der Waals surface area (Å²) in [4.78, 5) is 0. The highest BCUT2D eigenvalue weighted by Gasteiger charge is 1.90. The summed E-state index contributed by atoms with van der Waals surface area (Å²) in [7, 11) is 0. The minimum atomic E-state index is -1.13. The Labute approximate surface area is 86.2 Å². The van der Waals surface area contributed by atoms with Crippen LogP contribution in [0.2, 0.25) is 0 Å². The van der Waals surface area contributed by atoms with E-state index in [1.165, 1.54) is 0 Å². The maximum atomic E-state index is 8.88. The average molecular weight is 193 g/mol. The average Bonchev–Trinajstić information content (AvgIpc) is 2.25. The van der Waals surface area contributed by atoms with Gasteiger partial charge in [-0.3, -0.25) is 0 Å². The molecule has 0 heterocycles. The minimum absolute atomic E-state index is 0.427. The molecule has 1 aromatic carbocycles. The molecule has 0 aliphatic rings. The molecule has 1 atom stereocenters. The predicted molar refractivity (Wildman–Crippen MR) is 56.9 cm³/mol. The summed E-state index contributed by atoms with van der Waals surface area (Å²) in [6.07, 6.45) is 1.72. The Hall–Kier alpha value is -1.12.